The lowest BCUT2D eigenvalue weighted by molar-refractivity contribution is -0.132. The Labute approximate surface area is 155 Å². The summed E-state index contributed by atoms with van der Waals surface area (Å²) in [7, 11) is 0. The lowest BCUT2D eigenvalue weighted by Gasteiger charge is -2.33. The van der Waals surface area contributed by atoms with Gasteiger partial charge in [0, 0.05) is 43.3 Å². The zero-order valence-corrected chi connectivity index (χ0v) is 16.0. The van der Waals surface area contributed by atoms with Crippen molar-refractivity contribution < 1.29 is 4.79 Å². The van der Waals surface area contributed by atoms with Gasteiger partial charge in [-0.3, -0.25) is 9.78 Å². The number of nitrogens with two attached hydrogens (primary N) is 1. The SMILES string of the molecule is CC(N)C1CCN(C(=O)CCSCc2ccccn2)CC1.Cl.Cl. The van der Waals surface area contributed by atoms with E-state index < -0.39 is 0 Å². The molecule has 0 bridgehead atoms. The molecule has 1 amide bonds. The van der Waals surface area contributed by atoms with Crippen molar-refractivity contribution in [1.29, 1.82) is 0 Å². The molecule has 0 spiro atoms. The Kier molecular flexibility index (Phi) is 11.7. The van der Waals surface area contributed by atoms with Crippen LogP contribution in [0.15, 0.2) is 24.4 Å². The number of likely N-dealkylation sites (tertiary alicyclic amines) is 1. The van der Waals surface area contributed by atoms with Crippen LogP contribution in [0.2, 0.25) is 0 Å². The highest BCUT2D eigenvalue weighted by Crippen LogP contribution is 2.20. The van der Waals surface area contributed by atoms with Crippen molar-refractivity contribution in [1.82, 2.24) is 9.88 Å². The molecular formula is C16H27Cl2N3OS. The molecule has 1 aromatic rings. The number of pyridine rings is 1. The number of thioether (sulfide) groups is 1. The molecule has 1 atom stereocenters. The van der Waals surface area contributed by atoms with Gasteiger partial charge in [-0.05, 0) is 37.8 Å². The minimum absolute atomic E-state index is 0. The zero-order valence-electron chi connectivity index (χ0n) is 13.5. The molecule has 1 unspecified atom stereocenters. The van der Waals surface area contributed by atoms with Crippen molar-refractivity contribution in [2.75, 3.05) is 18.8 Å². The van der Waals surface area contributed by atoms with Gasteiger partial charge in [-0.2, -0.15) is 11.8 Å². The Morgan fingerprint density at radius 2 is 2.09 bits per heavy atom. The fourth-order valence-electron chi connectivity index (χ4n) is 2.65. The summed E-state index contributed by atoms with van der Waals surface area (Å²) in [5, 5.41) is 0. The highest BCUT2D eigenvalue weighted by Gasteiger charge is 2.24. The van der Waals surface area contributed by atoms with Crippen molar-refractivity contribution in [2.24, 2.45) is 11.7 Å². The normalized spacial score (nSPS) is 16.2. The molecule has 132 valence electrons. The largest absolute Gasteiger partial charge is 0.343 e. The number of aromatic nitrogens is 1. The molecule has 2 N–H and O–H groups in total. The Morgan fingerprint density at radius 1 is 1.39 bits per heavy atom. The fraction of sp³-hybridized carbons (Fsp3) is 0.625. The second kappa shape index (κ2) is 12.0. The van der Waals surface area contributed by atoms with Gasteiger partial charge in [0.15, 0.2) is 0 Å². The predicted molar refractivity (Wildman–Crippen MR) is 102 cm³/mol. The number of hydrogen-bond acceptors (Lipinski definition) is 4. The van der Waals surface area contributed by atoms with Gasteiger partial charge < -0.3 is 10.6 Å². The number of halogens is 2. The first-order chi connectivity index (χ1) is 10.2. The summed E-state index contributed by atoms with van der Waals surface area (Å²) >= 11 is 1.77. The van der Waals surface area contributed by atoms with Crippen LogP contribution < -0.4 is 5.73 Å². The van der Waals surface area contributed by atoms with Crippen LogP contribution in [-0.4, -0.2) is 40.7 Å². The molecule has 0 saturated carbocycles. The third kappa shape index (κ3) is 7.75. The number of rotatable bonds is 6. The van der Waals surface area contributed by atoms with Crippen molar-refractivity contribution in [3.8, 4) is 0 Å². The molecule has 4 nitrogen and oxygen atoms in total. The molecule has 1 aliphatic heterocycles. The van der Waals surface area contributed by atoms with Gasteiger partial charge in [-0.25, -0.2) is 0 Å². The molecule has 0 aromatic carbocycles. The fourth-order valence-corrected chi connectivity index (χ4v) is 3.50. The first-order valence-electron chi connectivity index (χ1n) is 7.68. The lowest BCUT2D eigenvalue weighted by atomic mass is 9.91. The molecular weight excluding hydrogens is 353 g/mol. The van der Waals surface area contributed by atoms with E-state index in [9.17, 15) is 4.79 Å². The van der Waals surface area contributed by atoms with E-state index >= 15 is 0 Å². The molecule has 0 radical (unpaired) electrons. The Morgan fingerprint density at radius 3 is 2.65 bits per heavy atom. The molecule has 1 fully saturated rings. The van der Waals surface area contributed by atoms with Crippen LogP contribution in [0.25, 0.3) is 0 Å². The smallest absolute Gasteiger partial charge is 0.223 e. The van der Waals surface area contributed by atoms with E-state index in [1.165, 1.54) is 0 Å². The number of hydrogen-bond donors (Lipinski definition) is 1. The molecule has 2 heterocycles. The second-order valence-corrected chi connectivity index (χ2v) is 6.81. The zero-order chi connectivity index (χ0) is 15.1. The third-order valence-corrected chi connectivity index (χ3v) is 5.06. The van der Waals surface area contributed by atoms with Crippen LogP contribution in [0.5, 0.6) is 0 Å². The van der Waals surface area contributed by atoms with Crippen LogP contribution in [-0.2, 0) is 10.5 Å². The monoisotopic (exact) mass is 379 g/mol. The maximum atomic E-state index is 12.2. The van der Waals surface area contributed by atoms with Gasteiger partial charge in [0.05, 0.1) is 5.69 Å². The number of amides is 1. The molecule has 0 aliphatic carbocycles. The van der Waals surface area contributed by atoms with Gasteiger partial charge in [-0.1, -0.05) is 6.07 Å². The van der Waals surface area contributed by atoms with E-state index in [2.05, 4.69) is 11.9 Å². The maximum absolute atomic E-state index is 12.2. The number of carbonyl (C=O) groups excluding carboxylic acids is 1. The van der Waals surface area contributed by atoms with E-state index in [0.717, 1.165) is 43.1 Å². The minimum Gasteiger partial charge on any atom is -0.343 e. The van der Waals surface area contributed by atoms with Crippen molar-refractivity contribution in [3.05, 3.63) is 30.1 Å². The Hall–Kier alpha value is -0.490. The Bertz CT molecular complexity index is 440. The number of nitrogens with zero attached hydrogens (tertiary/aromatic N) is 2. The summed E-state index contributed by atoms with van der Waals surface area (Å²) in [6.07, 6.45) is 4.53. The quantitative estimate of drug-likeness (QED) is 0.771. The number of piperidine rings is 1. The van der Waals surface area contributed by atoms with Crippen LogP contribution >= 0.6 is 36.6 Å². The van der Waals surface area contributed by atoms with Gasteiger partial charge in [0.1, 0.15) is 0 Å². The van der Waals surface area contributed by atoms with Gasteiger partial charge >= 0.3 is 0 Å². The minimum atomic E-state index is 0. The molecule has 7 heteroatoms. The average molecular weight is 380 g/mol. The summed E-state index contributed by atoms with van der Waals surface area (Å²) in [5.74, 6) is 2.60. The third-order valence-electron chi connectivity index (χ3n) is 4.07. The second-order valence-electron chi connectivity index (χ2n) is 5.70. The van der Waals surface area contributed by atoms with Gasteiger partial charge in [0.2, 0.25) is 5.91 Å². The summed E-state index contributed by atoms with van der Waals surface area (Å²) in [6.45, 7) is 3.81. The molecule has 2 rings (SSSR count). The summed E-state index contributed by atoms with van der Waals surface area (Å²) in [5.41, 5.74) is 7.01. The van der Waals surface area contributed by atoms with Crippen molar-refractivity contribution >= 4 is 42.5 Å². The van der Waals surface area contributed by atoms with Gasteiger partial charge in [0.25, 0.3) is 0 Å². The topological polar surface area (TPSA) is 59.2 Å². The molecule has 1 saturated heterocycles. The molecule has 1 aliphatic rings. The summed E-state index contributed by atoms with van der Waals surface area (Å²) in [6, 6.07) is 6.18. The van der Waals surface area contributed by atoms with Crippen LogP contribution in [0, 0.1) is 5.92 Å². The average Bonchev–Trinajstić information content (AvgIpc) is 2.52. The van der Waals surface area contributed by atoms with Crippen LogP contribution in [0.3, 0.4) is 0 Å². The van der Waals surface area contributed by atoms with Crippen LogP contribution in [0.4, 0.5) is 0 Å². The maximum Gasteiger partial charge on any atom is 0.223 e. The van der Waals surface area contributed by atoms with E-state index in [1.807, 2.05) is 29.3 Å². The first-order valence-corrected chi connectivity index (χ1v) is 8.83. The molecule has 23 heavy (non-hydrogen) atoms. The highest BCUT2D eigenvalue weighted by molar-refractivity contribution is 7.98. The lowest BCUT2D eigenvalue weighted by Crippen LogP contribution is -2.42. The Balaban J connectivity index is 0.00000242. The van der Waals surface area contributed by atoms with E-state index in [4.69, 9.17) is 5.73 Å². The van der Waals surface area contributed by atoms with Crippen LogP contribution in [0.1, 0.15) is 31.9 Å². The summed E-state index contributed by atoms with van der Waals surface area (Å²) in [4.78, 5) is 18.4. The van der Waals surface area contributed by atoms with E-state index in [-0.39, 0.29) is 36.8 Å². The van der Waals surface area contributed by atoms with E-state index in [0.29, 0.717) is 12.3 Å². The predicted octanol–water partition coefficient (Wildman–Crippen LogP) is 3.13. The molecule has 1 aromatic heterocycles. The van der Waals surface area contributed by atoms with Crippen molar-refractivity contribution in [3.63, 3.8) is 0 Å². The first kappa shape index (κ1) is 22.5. The van der Waals surface area contributed by atoms with Crippen molar-refractivity contribution in [2.45, 2.75) is 38.0 Å². The number of carbonyl (C=O) groups is 1. The standard InChI is InChI=1S/C16H25N3OS.2ClH/c1-13(17)14-5-9-19(10-6-14)16(20)7-11-21-12-15-4-2-3-8-18-15;;/h2-4,8,13-14H,5-7,9-12,17H2,1H3;2*1H. The van der Waals surface area contributed by atoms with E-state index in [1.54, 1.807) is 11.8 Å². The highest BCUT2D eigenvalue weighted by atomic mass is 35.5. The van der Waals surface area contributed by atoms with Gasteiger partial charge in [-0.15, -0.1) is 24.8 Å². The summed E-state index contributed by atoms with van der Waals surface area (Å²) < 4.78 is 0.